The van der Waals surface area contributed by atoms with E-state index >= 15 is 0 Å². The monoisotopic (exact) mass is 317 g/mol. The summed E-state index contributed by atoms with van der Waals surface area (Å²) in [6.07, 6.45) is -1.35. The molecular weight excluding hydrogens is 286 g/mol. The van der Waals surface area contributed by atoms with Crippen LogP contribution in [0.15, 0.2) is 0 Å². The van der Waals surface area contributed by atoms with Crippen LogP contribution >= 0.6 is 0 Å². The van der Waals surface area contributed by atoms with Gasteiger partial charge in [0.1, 0.15) is 5.60 Å². The fraction of sp³-hybridized carbons (Fsp3) is 0.933. The summed E-state index contributed by atoms with van der Waals surface area (Å²) in [4.78, 5) is 13.6. The Kier molecular flexibility index (Phi) is 5.18. The quantitative estimate of drug-likeness (QED) is 0.795. The molecule has 0 radical (unpaired) electrons. The number of nitrogens with zero attached hydrogens (tertiary/aromatic N) is 1. The first-order valence-corrected chi connectivity index (χ1v) is 10.5. The molecule has 21 heavy (non-hydrogen) atoms. The van der Waals surface area contributed by atoms with Crippen LogP contribution < -0.4 is 0 Å². The summed E-state index contributed by atoms with van der Waals surface area (Å²) in [6, 6.07) is 0. The summed E-state index contributed by atoms with van der Waals surface area (Å²) < 4.78 is 11.6. The van der Waals surface area contributed by atoms with Crippen molar-refractivity contribution in [1.82, 2.24) is 4.90 Å². The van der Waals surface area contributed by atoms with Crippen molar-refractivity contribution in [3.05, 3.63) is 0 Å². The molecule has 124 valence electrons. The lowest BCUT2D eigenvalue weighted by Crippen LogP contribution is -2.47. The van der Waals surface area contributed by atoms with Crippen LogP contribution in [0.5, 0.6) is 0 Å². The largest absolute Gasteiger partial charge is 0.444 e. The number of amides is 1. The van der Waals surface area contributed by atoms with Gasteiger partial charge in [-0.25, -0.2) is 4.79 Å². The van der Waals surface area contributed by atoms with E-state index in [4.69, 9.17) is 9.16 Å². The second-order valence-corrected chi connectivity index (χ2v) is 13.1. The fourth-order valence-electron chi connectivity index (χ4n) is 1.90. The van der Waals surface area contributed by atoms with E-state index in [1.807, 2.05) is 20.8 Å². The average Bonchev–Trinajstić information content (AvgIpc) is 2.55. The zero-order valence-electron chi connectivity index (χ0n) is 14.7. The summed E-state index contributed by atoms with van der Waals surface area (Å²) in [5, 5.41) is 10.3. The van der Waals surface area contributed by atoms with E-state index in [1.165, 1.54) is 4.90 Å². The maximum absolute atomic E-state index is 12.1. The molecule has 0 aliphatic carbocycles. The third-order valence-electron chi connectivity index (χ3n) is 4.14. The normalized spacial score (nSPS) is 24.3. The van der Waals surface area contributed by atoms with Crippen LogP contribution in [0, 0.1) is 0 Å². The van der Waals surface area contributed by atoms with Gasteiger partial charge in [0.25, 0.3) is 0 Å². The molecule has 1 heterocycles. The van der Waals surface area contributed by atoms with E-state index < -0.39 is 20.0 Å². The third-order valence-corrected chi connectivity index (χ3v) is 8.65. The summed E-state index contributed by atoms with van der Waals surface area (Å²) in [6.45, 7) is 16.9. The highest BCUT2D eigenvalue weighted by Gasteiger charge is 2.44. The summed E-state index contributed by atoms with van der Waals surface area (Å²) in [5.41, 5.74) is -0.527. The van der Waals surface area contributed by atoms with E-state index in [1.54, 1.807) is 0 Å². The molecule has 0 aromatic carbocycles. The number of carbonyl (C=O) groups is 1. The minimum atomic E-state index is -1.96. The molecule has 1 N–H and O–H groups in total. The predicted molar refractivity (Wildman–Crippen MR) is 85.9 cm³/mol. The standard InChI is InChI=1S/C15H31NO4Si/c1-14(2,3)19-13(18)16-9-11(17)12(10-16)20-21(7,8)15(4,5)6/h11-12,17H,9-10H2,1-8H3/t11-,12-/m1/s1. The van der Waals surface area contributed by atoms with Gasteiger partial charge in [-0.3, -0.25) is 0 Å². The summed E-state index contributed by atoms with van der Waals surface area (Å²) >= 11 is 0. The van der Waals surface area contributed by atoms with Gasteiger partial charge in [-0.05, 0) is 38.9 Å². The molecule has 0 bridgehead atoms. The van der Waals surface area contributed by atoms with E-state index in [0.29, 0.717) is 6.54 Å². The van der Waals surface area contributed by atoms with Crippen LogP contribution in [0.1, 0.15) is 41.5 Å². The Labute approximate surface area is 129 Å². The number of rotatable bonds is 2. The Morgan fingerprint density at radius 3 is 2.10 bits per heavy atom. The number of carbonyl (C=O) groups excluding carboxylic acids is 1. The molecule has 0 saturated carbocycles. The van der Waals surface area contributed by atoms with Gasteiger partial charge in [-0.2, -0.15) is 0 Å². The van der Waals surface area contributed by atoms with E-state index in [-0.39, 0.29) is 23.8 Å². The van der Waals surface area contributed by atoms with Gasteiger partial charge in [-0.15, -0.1) is 0 Å². The molecule has 1 rings (SSSR count). The average molecular weight is 318 g/mol. The maximum atomic E-state index is 12.1. The topological polar surface area (TPSA) is 59.0 Å². The number of ether oxygens (including phenoxy) is 1. The van der Waals surface area contributed by atoms with E-state index in [2.05, 4.69) is 33.9 Å². The van der Waals surface area contributed by atoms with Crippen molar-refractivity contribution in [3.63, 3.8) is 0 Å². The van der Waals surface area contributed by atoms with Crippen LogP contribution in [-0.2, 0) is 9.16 Å². The zero-order chi connectivity index (χ0) is 16.6. The number of likely N-dealkylation sites (tertiary alicyclic amines) is 1. The molecule has 0 aromatic heterocycles. The first kappa shape index (κ1) is 18.5. The molecule has 1 aliphatic rings. The van der Waals surface area contributed by atoms with Crippen molar-refractivity contribution in [3.8, 4) is 0 Å². The van der Waals surface area contributed by atoms with Crippen molar-refractivity contribution >= 4 is 14.4 Å². The first-order valence-electron chi connectivity index (χ1n) is 7.57. The zero-order valence-corrected chi connectivity index (χ0v) is 15.7. The highest BCUT2D eigenvalue weighted by molar-refractivity contribution is 6.74. The Balaban J connectivity index is 2.67. The first-order chi connectivity index (χ1) is 9.23. The van der Waals surface area contributed by atoms with E-state index in [0.717, 1.165) is 0 Å². The lowest BCUT2D eigenvalue weighted by molar-refractivity contribution is 0.0268. The lowest BCUT2D eigenvalue weighted by Gasteiger charge is -2.38. The van der Waals surface area contributed by atoms with Gasteiger partial charge >= 0.3 is 6.09 Å². The van der Waals surface area contributed by atoms with Crippen LogP contribution in [0.25, 0.3) is 0 Å². The van der Waals surface area contributed by atoms with Gasteiger partial charge < -0.3 is 19.2 Å². The SMILES string of the molecule is CC(C)(C)OC(=O)N1C[C@@H](O)[C@H](O[Si](C)(C)C(C)(C)C)C1. The van der Waals surface area contributed by atoms with Gasteiger partial charge in [0.15, 0.2) is 8.32 Å². The molecule has 1 saturated heterocycles. The second-order valence-electron chi connectivity index (χ2n) is 8.37. The highest BCUT2D eigenvalue weighted by Crippen LogP contribution is 2.38. The number of β-amino-alcohol motifs (C(OH)–C–C–N with tert-alkyl or cyclic N) is 1. The molecule has 0 spiro atoms. The van der Waals surface area contributed by atoms with Crippen molar-refractivity contribution in [2.24, 2.45) is 0 Å². The second kappa shape index (κ2) is 5.89. The van der Waals surface area contributed by atoms with Crippen LogP contribution in [0.3, 0.4) is 0 Å². The minimum absolute atomic E-state index is 0.0755. The van der Waals surface area contributed by atoms with Crippen LogP contribution in [0.4, 0.5) is 4.79 Å². The smallest absolute Gasteiger partial charge is 0.410 e. The van der Waals surface area contributed by atoms with Gasteiger partial charge in [0, 0.05) is 0 Å². The molecule has 6 heteroatoms. The fourth-order valence-corrected chi connectivity index (χ4v) is 3.25. The third kappa shape index (κ3) is 4.97. The Morgan fingerprint density at radius 2 is 1.67 bits per heavy atom. The van der Waals surface area contributed by atoms with Crippen LogP contribution in [-0.4, -0.2) is 55.3 Å². The van der Waals surface area contributed by atoms with Gasteiger partial charge in [-0.1, -0.05) is 20.8 Å². The molecular formula is C15H31NO4Si. The van der Waals surface area contributed by atoms with Crippen molar-refractivity contribution < 1.29 is 19.1 Å². The van der Waals surface area contributed by atoms with Gasteiger partial charge in [0.05, 0.1) is 25.3 Å². The van der Waals surface area contributed by atoms with Gasteiger partial charge in [0.2, 0.25) is 0 Å². The number of hydrogen-bond donors (Lipinski definition) is 1. The molecule has 1 amide bonds. The summed E-state index contributed by atoms with van der Waals surface area (Å²) in [5.74, 6) is 0. The van der Waals surface area contributed by atoms with Crippen LogP contribution in [0.2, 0.25) is 18.1 Å². The number of hydrogen-bond acceptors (Lipinski definition) is 4. The highest BCUT2D eigenvalue weighted by atomic mass is 28.4. The molecule has 2 atom stereocenters. The van der Waals surface area contributed by atoms with Crippen molar-refractivity contribution in [1.29, 1.82) is 0 Å². The Morgan fingerprint density at radius 1 is 1.14 bits per heavy atom. The Hall–Kier alpha value is -0.593. The maximum Gasteiger partial charge on any atom is 0.410 e. The number of aliphatic hydroxyl groups excluding tert-OH is 1. The lowest BCUT2D eigenvalue weighted by atomic mass is 10.2. The molecule has 1 aliphatic heterocycles. The van der Waals surface area contributed by atoms with Crippen molar-refractivity contribution in [2.45, 2.75) is 77.5 Å². The van der Waals surface area contributed by atoms with Crippen molar-refractivity contribution in [2.75, 3.05) is 13.1 Å². The molecule has 5 nitrogen and oxygen atoms in total. The predicted octanol–water partition coefficient (Wildman–Crippen LogP) is 2.99. The summed E-state index contributed by atoms with van der Waals surface area (Å²) in [7, 11) is -1.96. The molecule has 0 unspecified atom stereocenters. The number of aliphatic hydroxyl groups is 1. The van der Waals surface area contributed by atoms with E-state index in [9.17, 15) is 9.90 Å². The minimum Gasteiger partial charge on any atom is -0.444 e. The molecule has 1 fully saturated rings. The molecule has 0 aromatic rings. The Bertz CT molecular complexity index is 384.